The van der Waals surface area contributed by atoms with Crippen LogP contribution in [0.4, 0.5) is 5.69 Å². The van der Waals surface area contributed by atoms with Crippen molar-refractivity contribution < 1.29 is 14.3 Å². The van der Waals surface area contributed by atoms with E-state index in [9.17, 15) is 9.59 Å². The lowest BCUT2D eigenvalue weighted by atomic mass is 10.2. The van der Waals surface area contributed by atoms with Crippen molar-refractivity contribution in [2.75, 3.05) is 12.4 Å². The number of halogens is 2. The van der Waals surface area contributed by atoms with Gasteiger partial charge >= 0.3 is 5.97 Å². The van der Waals surface area contributed by atoms with Crippen LogP contribution in [-0.2, 0) is 9.53 Å². The molecule has 0 aliphatic rings. The lowest BCUT2D eigenvalue weighted by Crippen LogP contribution is -2.22. The first-order valence-corrected chi connectivity index (χ1v) is 8.65. The van der Waals surface area contributed by atoms with Crippen molar-refractivity contribution in [2.45, 2.75) is 17.1 Å². The van der Waals surface area contributed by atoms with Crippen molar-refractivity contribution in [2.24, 2.45) is 0 Å². The van der Waals surface area contributed by atoms with Crippen molar-refractivity contribution in [1.82, 2.24) is 0 Å². The van der Waals surface area contributed by atoms with Crippen LogP contribution in [-0.4, -0.2) is 24.2 Å². The summed E-state index contributed by atoms with van der Waals surface area (Å²) in [6.45, 7) is 1.78. The molecule has 1 atom stereocenters. The summed E-state index contributed by atoms with van der Waals surface area (Å²) in [5.74, 6) is -0.718. The molecule has 0 heterocycles. The Morgan fingerprint density at radius 2 is 1.79 bits per heavy atom. The maximum Gasteiger partial charge on any atom is 0.337 e. The Morgan fingerprint density at radius 3 is 2.42 bits per heavy atom. The number of benzene rings is 2. The smallest absolute Gasteiger partial charge is 0.337 e. The minimum Gasteiger partial charge on any atom is -0.465 e. The molecule has 1 unspecified atom stereocenters. The molecule has 7 heteroatoms. The third-order valence-corrected chi connectivity index (χ3v) is 4.83. The van der Waals surface area contributed by atoms with Crippen LogP contribution in [0.3, 0.4) is 0 Å². The van der Waals surface area contributed by atoms with Gasteiger partial charge in [-0.2, -0.15) is 0 Å². The normalized spacial score (nSPS) is 11.7. The van der Waals surface area contributed by atoms with Crippen molar-refractivity contribution in [3.8, 4) is 0 Å². The van der Waals surface area contributed by atoms with Crippen LogP contribution in [0, 0.1) is 0 Å². The second-order valence-corrected chi connectivity index (χ2v) is 7.15. The second kappa shape index (κ2) is 8.42. The van der Waals surface area contributed by atoms with Gasteiger partial charge in [0.1, 0.15) is 0 Å². The first-order chi connectivity index (χ1) is 11.4. The van der Waals surface area contributed by atoms with Crippen LogP contribution in [0.1, 0.15) is 17.3 Å². The molecule has 4 nitrogen and oxygen atoms in total. The van der Waals surface area contributed by atoms with Crippen molar-refractivity contribution in [3.05, 3.63) is 58.1 Å². The number of amides is 1. The van der Waals surface area contributed by atoms with Crippen LogP contribution in [0.15, 0.2) is 47.4 Å². The maximum atomic E-state index is 12.4. The molecule has 2 aromatic carbocycles. The van der Waals surface area contributed by atoms with E-state index in [0.717, 1.165) is 4.90 Å². The largest absolute Gasteiger partial charge is 0.465 e. The summed E-state index contributed by atoms with van der Waals surface area (Å²) in [6.07, 6.45) is 0. The molecule has 0 bridgehead atoms. The minimum atomic E-state index is -0.495. The van der Waals surface area contributed by atoms with E-state index >= 15 is 0 Å². The summed E-state index contributed by atoms with van der Waals surface area (Å²) in [5.41, 5.74) is 0.684. The molecule has 0 saturated heterocycles. The molecular formula is C17H15Cl2NO3S. The number of thioether (sulfide) groups is 1. The van der Waals surface area contributed by atoms with E-state index in [4.69, 9.17) is 23.2 Å². The van der Waals surface area contributed by atoms with Gasteiger partial charge in [0.25, 0.3) is 0 Å². The van der Waals surface area contributed by atoms with E-state index in [0.29, 0.717) is 21.3 Å². The average molecular weight is 384 g/mol. The Kier molecular flexibility index (Phi) is 6.54. The predicted molar refractivity (Wildman–Crippen MR) is 98.2 cm³/mol. The Morgan fingerprint density at radius 1 is 1.12 bits per heavy atom. The van der Waals surface area contributed by atoms with Crippen LogP contribution < -0.4 is 5.32 Å². The maximum absolute atomic E-state index is 12.4. The van der Waals surface area contributed by atoms with Gasteiger partial charge in [-0.1, -0.05) is 23.2 Å². The number of carbonyl (C=O) groups is 2. The van der Waals surface area contributed by atoms with Crippen molar-refractivity contribution >= 4 is 52.5 Å². The molecule has 0 aliphatic carbocycles. The predicted octanol–water partition coefficient (Wildman–Crippen LogP) is 4.90. The zero-order valence-corrected chi connectivity index (χ0v) is 15.3. The highest BCUT2D eigenvalue weighted by Crippen LogP contribution is 2.28. The molecule has 0 spiro atoms. The van der Waals surface area contributed by atoms with E-state index < -0.39 is 5.97 Å². The van der Waals surface area contributed by atoms with Gasteiger partial charge in [0, 0.05) is 9.92 Å². The van der Waals surface area contributed by atoms with E-state index in [-0.39, 0.29) is 11.2 Å². The number of methoxy groups -OCH3 is 1. The van der Waals surface area contributed by atoms with Gasteiger partial charge < -0.3 is 10.1 Å². The van der Waals surface area contributed by atoms with E-state index in [1.54, 1.807) is 25.1 Å². The first kappa shape index (κ1) is 18.6. The fourth-order valence-corrected chi connectivity index (χ4v) is 3.03. The standard InChI is InChI=1S/C17H15Cl2NO3S/c1-10(24-13-6-4-12(18)5-7-13)16(21)20-15-9-11(17(22)23-2)3-8-14(15)19/h3-10H,1-2H3,(H,20,21). The second-order valence-electron chi connectivity index (χ2n) is 4.89. The SMILES string of the molecule is COC(=O)c1ccc(Cl)c(NC(=O)C(C)Sc2ccc(Cl)cc2)c1. The quantitative estimate of drug-likeness (QED) is 0.589. The highest BCUT2D eigenvalue weighted by Gasteiger charge is 2.17. The highest BCUT2D eigenvalue weighted by atomic mass is 35.5. The molecule has 126 valence electrons. The van der Waals surface area contributed by atoms with Crippen molar-refractivity contribution in [3.63, 3.8) is 0 Å². The summed E-state index contributed by atoms with van der Waals surface area (Å²) in [5, 5.41) is 3.37. The Hall–Kier alpha value is -1.69. The molecule has 1 amide bonds. The Labute approximate surface area is 154 Å². The summed E-state index contributed by atoms with van der Waals surface area (Å²) in [7, 11) is 1.29. The summed E-state index contributed by atoms with van der Waals surface area (Å²) in [6, 6.07) is 11.8. The monoisotopic (exact) mass is 383 g/mol. The summed E-state index contributed by atoms with van der Waals surface area (Å²) < 4.78 is 4.66. The van der Waals surface area contributed by atoms with Gasteiger partial charge in [0.05, 0.1) is 28.6 Å². The third-order valence-electron chi connectivity index (χ3n) is 3.14. The number of hydrogen-bond donors (Lipinski definition) is 1. The van der Waals surface area contributed by atoms with Gasteiger partial charge in [-0.3, -0.25) is 4.79 Å². The molecule has 2 aromatic rings. The molecule has 1 N–H and O–H groups in total. The molecule has 0 radical (unpaired) electrons. The number of esters is 1. The summed E-state index contributed by atoms with van der Waals surface area (Å²) >= 11 is 13.3. The lowest BCUT2D eigenvalue weighted by Gasteiger charge is -2.13. The molecule has 0 aromatic heterocycles. The number of rotatable bonds is 5. The fourth-order valence-electron chi connectivity index (χ4n) is 1.87. The Balaban J connectivity index is 2.08. The molecule has 2 rings (SSSR count). The van der Waals surface area contributed by atoms with Gasteiger partial charge in [0.15, 0.2) is 0 Å². The molecule has 0 aliphatic heterocycles. The minimum absolute atomic E-state index is 0.223. The number of anilines is 1. The Bertz CT molecular complexity index is 750. The molecule has 24 heavy (non-hydrogen) atoms. The first-order valence-electron chi connectivity index (χ1n) is 7.01. The van der Waals surface area contributed by atoms with E-state index in [1.165, 1.54) is 31.0 Å². The number of nitrogens with one attached hydrogen (secondary N) is 1. The fraction of sp³-hybridized carbons (Fsp3) is 0.176. The average Bonchev–Trinajstić information content (AvgIpc) is 2.58. The van der Waals surface area contributed by atoms with Crippen LogP contribution in [0.5, 0.6) is 0 Å². The van der Waals surface area contributed by atoms with Crippen LogP contribution in [0.25, 0.3) is 0 Å². The van der Waals surface area contributed by atoms with Crippen LogP contribution >= 0.6 is 35.0 Å². The molecule has 0 saturated carbocycles. The van der Waals surface area contributed by atoms with E-state index in [1.807, 2.05) is 12.1 Å². The van der Waals surface area contributed by atoms with Crippen LogP contribution in [0.2, 0.25) is 10.0 Å². The third kappa shape index (κ3) is 4.90. The van der Waals surface area contributed by atoms with Gasteiger partial charge in [-0.25, -0.2) is 4.79 Å². The number of carbonyl (C=O) groups excluding carboxylic acids is 2. The molecular weight excluding hydrogens is 369 g/mol. The van der Waals surface area contributed by atoms with E-state index in [2.05, 4.69) is 10.1 Å². The topological polar surface area (TPSA) is 55.4 Å². The van der Waals surface area contributed by atoms with Gasteiger partial charge in [-0.15, -0.1) is 11.8 Å². The van der Waals surface area contributed by atoms with Gasteiger partial charge in [-0.05, 0) is 49.4 Å². The summed E-state index contributed by atoms with van der Waals surface area (Å²) in [4.78, 5) is 24.9. The zero-order valence-electron chi connectivity index (χ0n) is 13.0. The van der Waals surface area contributed by atoms with Crippen molar-refractivity contribution in [1.29, 1.82) is 0 Å². The number of ether oxygens (including phenoxy) is 1. The van der Waals surface area contributed by atoms with Gasteiger partial charge in [0.2, 0.25) is 5.91 Å². The molecule has 0 fully saturated rings. The zero-order chi connectivity index (χ0) is 17.7. The lowest BCUT2D eigenvalue weighted by molar-refractivity contribution is -0.115. The number of hydrogen-bond acceptors (Lipinski definition) is 4. The highest BCUT2D eigenvalue weighted by molar-refractivity contribution is 8.00.